The number of hydrogen-bond acceptors (Lipinski definition) is 3. The van der Waals surface area contributed by atoms with Crippen molar-refractivity contribution in [1.29, 1.82) is 0 Å². The Morgan fingerprint density at radius 3 is 2.88 bits per heavy atom. The molecule has 0 atom stereocenters. The number of aromatic nitrogens is 2. The van der Waals surface area contributed by atoms with Crippen molar-refractivity contribution in [3.05, 3.63) is 27.9 Å². The third kappa shape index (κ3) is 2.78. The number of halogens is 1. The van der Waals surface area contributed by atoms with Crippen LogP contribution in [0.15, 0.2) is 22.1 Å². The van der Waals surface area contributed by atoms with Gasteiger partial charge in [0.25, 0.3) is 0 Å². The molecule has 0 saturated carbocycles. The molecule has 2 aromatic rings. The van der Waals surface area contributed by atoms with E-state index in [4.69, 9.17) is 5.73 Å². The van der Waals surface area contributed by atoms with Gasteiger partial charge in [-0.05, 0) is 35.0 Å². The van der Waals surface area contributed by atoms with Crippen molar-refractivity contribution < 1.29 is 0 Å². The number of nitrogens with two attached hydrogens (primary N) is 1. The second-order valence-electron chi connectivity index (χ2n) is 4.70. The molecule has 0 aliphatic carbocycles. The van der Waals surface area contributed by atoms with E-state index >= 15 is 0 Å². The topological polar surface area (TPSA) is 54.7 Å². The molecule has 0 aliphatic rings. The van der Waals surface area contributed by atoms with E-state index in [0.29, 0.717) is 6.54 Å². The summed E-state index contributed by atoms with van der Waals surface area (Å²) in [5, 5.41) is 2.07. The van der Waals surface area contributed by atoms with Crippen molar-refractivity contribution in [1.82, 2.24) is 9.97 Å². The molecule has 0 unspecified atom stereocenters. The molecular formula is C12H16BrN3S. The summed E-state index contributed by atoms with van der Waals surface area (Å²) >= 11 is 5.16. The third-order valence-corrected chi connectivity index (χ3v) is 4.54. The smallest absolute Gasteiger partial charge is 0.112 e. The molecular weight excluding hydrogens is 298 g/mol. The minimum atomic E-state index is 0.00148. The molecule has 92 valence electrons. The van der Waals surface area contributed by atoms with Gasteiger partial charge >= 0.3 is 0 Å². The highest BCUT2D eigenvalue weighted by molar-refractivity contribution is 9.10. The van der Waals surface area contributed by atoms with Crippen LogP contribution in [0.3, 0.4) is 0 Å². The Bertz CT molecular complexity index is 501. The van der Waals surface area contributed by atoms with Gasteiger partial charge in [0, 0.05) is 15.3 Å². The lowest BCUT2D eigenvalue weighted by molar-refractivity contribution is 0.462. The van der Waals surface area contributed by atoms with Crippen molar-refractivity contribution >= 4 is 27.3 Å². The summed E-state index contributed by atoms with van der Waals surface area (Å²) in [5.41, 5.74) is 6.70. The summed E-state index contributed by atoms with van der Waals surface area (Å²) in [6, 6.07) is 2.10. The van der Waals surface area contributed by atoms with E-state index in [1.165, 1.54) is 4.88 Å². The van der Waals surface area contributed by atoms with Crippen LogP contribution in [0.5, 0.6) is 0 Å². The quantitative estimate of drug-likeness (QED) is 0.907. The lowest BCUT2D eigenvalue weighted by atomic mass is 9.88. The molecule has 17 heavy (non-hydrogen) atoms. The summed E-state index contributed by atoms with van der Waals surface area (Å²) in [7, 11) is 0. The number of nitrogens with one attached hydrogen (secondary N) is 1. The van der Waals surface area contributed by atoms with Crippen LogP contribution >= 0.6 is 27.3 Å². The molecule has 0 aliphatic heterocycles. The van der Waals surface area contributed by atoms with Gasteiger partial charge < -0.3 is 10.7 Å². The summed E-state index contributed by atoms with van der Waals surface area (Å²) in [6.07, 6.45) is 2.82. The lowest BCUT2D eigenvalue weighted by Gasteiger charge is -2.20. The molecule has 2 heterocycles. The van der Waals surface area contributed by atoms with Gasteiger partial charge in [-0.15, -0.1) is 11.3 Å². The van der Waals surface area contributed by atoms with Crippen molar-refractivity contribution in [2.45, 2.75) is 25.7 Å². The maximum atomic E-state index is 5.63. The summed E-state index contributed by atoms with van der Waals surface area (Å²) in [5.74, 6) is 1.00. The molecule has 2 rings (SSSR count). The van der Waals surface area contributed by atoms with E-state index in [-0.39, 0.29) is 5.41 Å². The van der Waals surface area contributed by atoms with Crippen LogP contribution in [-0.4, -0.2) is 16.5 Å². The zero-order chi connectivity index (χ0) is 12.5. The summed E-state index contributed by atoms with van der Waals surface area (Å²) < 4.78 is 1.11. The van der Waals surface area contributed by atoms with Gasteiger partial charge in [0.15, 0.2) is 0 Å². The van der Waals surface area contributed by atoms with Crippen molar-refractivity contribution in [2.24, 2.45) is 5.73 Å². The van der Waals surface area contributed by atoms with Crippen molar-refractivity contribution in [3.63, 3.8) is 0 Å². The van der Waals surface area contributed by atoms with Crippen LogP contribution in [0, 0.1) is 0 Å². The largest absolute Gasteiger partial charge is 0.341 e. The van der Waals surface area contributed by atoms with Crippen LogP contribution in [0.4, 0.5) is 0 Å². The predicted molar refractivity (Wildman–Crippen MR) is 76.3 cm³/mol. The van der Waals surface area contributed by atoms with Crippen LogP contribution in [0.1, 0.15) is 26.1 Å². The van der Waals surface area contributed by atoms with Gasteiger partial charge in [0.05, 0.1) is 16.8 Å². The highest BCUT2D eigenvalue weighted by atomic mass is 79.9. The van der Waals surface area contributed by atoms with E-state index in [2.05, 4.69) is 51.2 Å². The molecule has 0 spiro atoms. The summed E-state index contributed by atoms with van der Waals surface area (Å²) in [4.78, 5) is 9.06. The lowest BCUT2D eigenvalue weighted by Crippen LogP contribution is -2.23. The Labute approximate surface area is 114 Å². The van der Waals surface area contributed by atoms with Gasteiger partial charge in [-0.25, -0.2) is 4.98 Å². The highest BCUT2D eigenvalue weighted by Crippen LogP contribution is 2.31. The first-order chi connectivity index (χ1) is 8.03. The minimum absolute atomic E-state index is 0.00148. The zero-order valence-corrected chi connectivity index (χ0v) is 12.4. The molecule has 0 fully saturated rings. The average Bonchev–Trinajstić information content (AvgIpc) is 2.85. The summed E-state index contributed by atoms with van der Waals surface area (Å²) in [6.45, 7) is 4.99. The molecule has 0 aromatic carbocycles. The molecule has 2 aromatic heterocycles. The fourth-order valence-electron chi connectivity index (χ4n) is 1.72. The molecule has 0 saturated heterocycles. The first-order valence-electron chi connectivity index (χ1n) is 5.53. The van der Waals surface area contributed by atoms with E-state index in [0.717, 1.165) is 22.4 Å². The number of rotatable bonds is 4. The number of H-pyrrole nitrogens is 1. The molecule has 3 nitrogen and oxygen atoms in total. The SMILES string of the molecule is CC(C)(CCN)c1ncc(-c2cc(Br)cs2)[nH]1. The van der Waals surface area contributed by atoms with Crippen LogP contribution in [-0.2, 0) is 5.41 Å². The average molecular weight is 314 g/mol. The standard InChI is InChI=1S/C12H16BrN3S/c1-12(2,3-4-14)11-15-6-9(16-11)10-5-8(13)7-17-10/h5-7H,3-4,14H2,1-2H3,(H,15,16). The number of imidazole rings is 1. The van der Waals surface area contributed by atoms with E-state index in [1.807, 2.05) is 6.20 Å². The first kappa shape index (κ1) is 12.8. The van der Waals surface area contributed by atoms with Crippen molar-refractivity contribution in [3.8, 4) is 10.6 Å². The van der Waals surface area contributed by atoms with E-state index < -0.39 is 0 Å². The van der Waals surface area contributed by atoms with Gasteiger partial charge in [0.1, 0.15) is 5.82 Å². The number of thiophene rings is 1. The van der Waals surface area contributed by atoms with Crippen molar-refractivity contribution in [2.75, 3.05) is 6.54 Å². The predicted octanol–water partition coefficient (Wildman–Crippen LogP) is 3.53. The minimum Gasteiger partial charge on any atom is -0.341 e. The fourth-order valence-corrected chi connectivity index (χ4v) is 3.12. The van der Waals surface area contributed by atoms with E-state index in [9.17, 15) is 0 Å². The normalized spacial score (nSPS) is 12.0. The second kappa shape index (κ2) is 4.92. The highest BCUT2D eigenvalue weighted by Gasteiger charge is 2.23. The zero-order valence-electron chi connectivity index (χ0n) is 9.96. The monoisotopic (exact) mass is 313 g/mol. The van der Waals surface area contributed by atoms with Gasteiger partial charge in [0.2, 0.25) is 0 Å². The first-order valence-corrected chi connectivity index (χ1v) is 7.20. The maximum absolute atomic E-state index is 5.63. The van der Waals surface area contributed by atoms with E-state index in [1.54, 1.807) is 11.3 Å². The van der Waals surface area contributed by atoms with Gasteiger partial charge in [-0.2, -0.15) is 0 Å². The number of hydrogen-bond donors (Lipinski definition) is 2. The Hall–Kier alpha value is -0.650. The Morgan fingerprint density at radius 2 is 2.29 bits per heavy atom. The van der Waals surface area contributed by atoms with Crippen LogP contribution in [0.25, 0.3) is 10.6 Å². The third-order valence-electron chi connectivity index (χ3n) is 2.82. The molecule has 0 amide bonds. The van der Waals surface area contributed by atoms with Crippen LogP contribution in [0.2, 0.25) is 0 Å². The van der Waals surface area contributed by atoms with Gasteiger partial charge in [-0.1, -0.05) is 13.8 Å². The van der Waals surface area contributed by atoms with Crippen LogP contribution < -0.4 is 5.73 Å². The molecule has 5 heteroatoms. The number of aromatic amines is 1. The fraction of sp³-hybridized carbons (Fsp3) is 0.417. The Balaban J connectivity index is 2.27. The Morgan fingerprint density at radius 1 is 1.53 bits per heavy atom. The molecule has 0 bridgehead atoms. The van der Waals surface area contributed by atoms with Gasteiger partial charge in [-0.3, -0.25) is 0 Å². The molecule has 0 radical (unpaired) electrons. The Kier molecular flexibility index (Phi) is 3.70. The number of nitrogens with zero attached hydrogens (tertiary/aromatic N) is 1. The second-order valence-corrected chi connectivity index (χ2v) is 6.52. The maximum Gasteiger partial charge on any atom is 0.112 e. The molecule has 3 N–H and O–H groups in total.